The van der Waals surface area contributed by atoms with Crippen LogP contribution in [0.2, 0.25) is 0 Å². The van der Waals surface area contributed by atoms with Gasteiger partial charge in [0.1, 0.15) is 0 Å². The molecule has 0 radical (unpaired) electrons. The van der Waals surface area contributed by atoms with Gasteiger partial charge in [0, 0.05) is 0 Å². The Morgan fingerprint density at radius 2 is 1.10 bits per heavy atom. The van der Waals surface area contributed by atoms with Gasteiger partial charge < -0.3 is 41.8 Å². The molecule has 0 unspecified atom stereocenters. The maximum absolute atomic E-state index is 8.63. The van der Waals surface area contributed by atoms with Crippen LogP contribution in [-0.2, 0) is 46.9 Å². The van der Waals surface area contributed by atoms with Crippen LogP contribution >= 0.6 is 0 Å². The predicted molar refractivity (Wildman–Crippen MR) is 12.3 cm³/mol. The Morgan fingerprint density at radius 3 is 1.10 bits per heavy atom. The molecule has 0 spiro atoms. The van der Waals surface area contributed by atoms with E-state index < -0.39 is 10.4 Å². The third kappa shape index (κ3) is 220. The second-order valence-corrected chi connectivity index (χ2v) is 1.28. The fourth-order valence-corrected chi connectivity index (χ4v) is 0. The molecule has 0 amide bonds. The summed E-state index contributed by atoms with van der Waals surface area (Å²) in [6.45, 7) is 0. The first kappa shape index (κ1) is 40.7. The van der Waals surface area contributed by atoms with E-state index in [4.69, 9.17) is 17.5 Å². The molecule has 0 heterocycles. The summed E-state index contributed by atoms with van der Waals surface area (Å²) in [5, 5.41) is 0. The van der Waals surface area contributed by atoms with Crippen molar-refractivity contribution < 1.29 is 91.3 Å². The van der Waals surface area contributed by atoms with Crippen LogP contribution in [-0.4, -0.2) is 17.5 Å². The summed E-state index contributed by atoms with van der Waals surface area (Å²) in [5.41, 5.74) is 0. The van der Waals surface area contributed by atoms with E-state index in [1.54, 1.807) is 0 Å². The Hall–Kier alpha value is 1.88. The van der Waals surface area contributed by atoms with Crippen LogP contribution in [0.5, 0.6) is 0 Å². The van der Waals surface area contributed by atoms with Crippen LogP contribution in [0.4, 0.5) is 0 Å². The second-order valence-electron chi connectivity index (χ2n) is 0.428. The van der Waals surface area contributed by atoms with E-state index in [0.29, 0.717) is 0 Å². The normalized spacial score (nSPS) is 5.80. The van der Waals surface area contributed by atoms with Crippen LogP contribution in [0.1, 0.15) is 0 Å². The molecule has 0 aromatic carbocycles. The number of rotatable bonds is 0. The molecule has 0 aliphatic rings. The summed E-state index contributed by atoms with van der Waals surface area (Å²) in [4.78, 5) is 0. The van der Waals surface area contributed by atoms with Crippen LogP contribution < -0.4 is 37.2 Å². The summed E-state index contributed by atoms with van der Waals surface area (Å²) in [6.07, 6.45) is 0. The van der Waals surface area contributed by atoms with E-state index in [-0.39, 0.29) is 73.8 Å². The second kappa shape index (κ2) is 17.1. The number of halogens is 3. The molecule has 0 aliphatic carbocycles. The van der Waals surface area contributed by atoms with E-state index in [0.717, 1.165) is 0 Å². The SMILES string of the molecule is O=S(=O)([O-])O.[Cl-].[Cl-].[Cl-].[Fe+2].[Zn+2]. The van der Waals surface area contributed by atoms with Crippen molar-refractivity contribution in [3.05, 3.63) is 0 Å². The maximum Gasteiger partial charge on any atom is 2.00 e. The minimum absolute atomic E-state index is 0. The number of hydrogen-bond acceptors (Lipinski definition) is 3. The molecule has 4 nitrogen and oxygen atoms in total. The minimum atomic E-state index is -4.92. The molecule has 0 aromatic heterocycles. The Kier molecular flexibility index (Phi) is 69.6. The van der Waals surface area contributed by atoms with Crippen molar-refractivity contribution in [2.75, 3.05) is 0 Å². The van der Waals surface area contributed by atoms with Crippen molar-refractivity contribution in [3.8, 4) is 0 Å². The Balaban J connectivity index is -0.00000000800. The van der Waals surface area contributed by atoms with Crippen LogP contribution in [0.15, 0.2) is 0 Å². The van der Waals surface area contributed by atoms with Crippen molar-refractivity contribution in [3.63, 3.8) is 0 Å². The Morgan fingerprint density at radius 1 is 1.10 bits per heavy atom. The fraction of sp³-hybridized carbons (Fsp3) is 0. The predicted octanol–water partition coefficient (Wildman–Crippen LogP) is -9.99. The molecule has 0 aromatic rings. The van der Waals surface area contributed by atoms with Crippen LogP contribution in [0.3, 0.4) is 0 Å². The summed E-state index contributed by atoms with van der Waals surface area (Å²) >= 11 is 0. The van der Waals surface area contributed by atoms with Crippen LogP contribution in [0, 0.1) is 0 Å². The van der Waals surface area contributed by atoms with Gasteiger partial charge in [0.25, 0.3) is 0 Å². The molecule has 0 saturated heterocycles. The molecule has 0 rings (SSSR count). The third-order valence-corrected chi connectivity index (χ3v) is 0. The summed E-state index contributed by atoms with van der Waals surface area (Å²) in [5.74, 6) is 0. The molecule has 10 heavy (non-hydrogen) atoms. The molecule has 0 bridgehead atoms. The largest absolute Gasteiger partial charge is 2.00 e. The van der Waals surface area contributed by atoms with Crippen molar-refractivity contribution in [2.24, 2.45) is 0 Å². The molecule has 0 fully saturated rings. The van der Waals surface area contributed by atoms with E-state index >= 15 is 0 Å². The smallest absolute Gasteiger partial charge is 1.00 e. The Bertz CT molecular complexity index is 104. The monoisotopic (exact) mass is 322 g/mol. The van der Waals surface area contributed by atoms with Gasteiger partial charge in [0.2, 0.25) is 10.4 Å². The van der Waals surface area contributed by atoms with Gasteiger partial charge in [0.05, 0.1) is 0 Å². The van der Waals surface area contributed by atoms with Crippen molar-refractivity contribution in [1.29, 1.82) is 0 Å². The molecule has 62 valence electrons. The average molecular weight is 325 g/mol. The van der Waals surface area contributed by atoms with Gasteiger partial charge in [-0.15, -0.1) is 0 Å². The summed E-state index contributed by atoms with van der Waals surface area (Å²) < 4.78 is 32.8. The van der Waals surface area contributed by atoms with Gasteiger partial charge in [-0.2, -0.15) is 0 Å². The first-order valence-electron chi connectivity index (χ1n) is 0.683. The molecule has 0 atom stereocenters. The fourth-order valence-electron chi connectivity index (χ4n) is 0. The Labute approximate surface area is 101 Å². The molecular formula is HCl3FeO4SZn. The van der Waals surface area contributed by atoms with Crippen molar-refractivity contribution in [2.45, 2.75) is 0 Å². The summed E-state index contributed by atoms with van der Waals surface area (Å²) in [7, 11) is -4.92. The van der Waals surface area contributed by atoms with Gasteiger partial charge in [-0.3, -0.25) is 4.55 Å². The average Bonchev–Trinajstić information content (AvgIpc) is 0.722. The van der Waals surface area contributed by atoms with Crippen molar-refractivity contribution in [1.82, 2.24) is 0 Å². The quantitative estimate of drug-likeness (QED) is 0.273. The molecule has 0 saturated carbocycles. The van der Waals surface area contributed by atoms with Gasteiger partial charge in [0.15, 0.2) is 0 Å². The van der Waals surface area contributed by atoms with Gasteiger partial charge in [-0.05, 0) is 0 Å². The minimum Gasteiger partial charge on any atom is -1.00 e. The van der Waals surface area contributed by atoms with Gasteiger partial charge in [-0.25, -0.2) is 8.42 Å². The van der Waals surface area contributed by atoms with E-state index in [1.165, 1.54) is 0 Å². The number of hydrogen-bond donors (Lipinski definition) is 1. The van der Waals surface area contributed by atoms with Gasteiger partial charge >= 0.3 is 36.5 Å². The van der Waals surface area contributed by atoms with Gasteiger partial charge in [-0.1, -0.05) is 0 Å². The first-order chi connectivity index (χ1) is 2.00. The first-order valence-corrected chi connectivity index (χ1v) is 2.05. The third-order valence-electron chi connectivity index (χ3n) is 0. The zero-order chi connectivity index (χ0) is 4.50. The van der Waals surface area contributed by atoms with Crippen LogP contribution in [0.25, 0.3) is 0 Å². The molecule has 0 aliphatic heterocycles. The molecule has 10 heteroatoms. The van der Waals surface area contributed by atoms with Crippen molar-refractivity contribution >= 4 is 10.4 Å². The van der Waals surface area contributed by atoms with E-state index in [2.05, 4.69) is 0 Å². The standard InChI is InChI=1S/3ClH.Fe.H2O4S.Zn/c;;;;1-5(2,3)4;/h3*1H;;(H2,1,2,3,4);/q;;;+2;;+2/p-4. The molecule has 1 N–H and O–H groups in total. The molecular weight excluding hydrogens is 324 g/mol. The van der Waals surface area contributed by atoms with E-state index in [1.807, 2.05) is 0 Å². The topological polar surface area (TPSA) is 77.4 Å². The van der Waals surface area contributed by atoms with E-state index in [9.17, 15) is 0 Å². The maximum atomic E-state index is 8.63. The zero-order valence-electron chi connectivity index (χ0n) is 4.27. The zero-order valence-corrected chi connectivity index (χ0v) is 11.4. The summed E-state index contributed by atoms with van der Waals surface area (Å²) in [6, 6.07) is 0.